The van der Waals surface area contributed by atoms with Gasteiger partial charge in [0.25, 0.3) is 6.48 Å². The van der Waals surface area contributed by atoms with Crippen LogP contribution in [-0.4, -0.2) is 37.0 Å². The number of hydrogen-bond acceptors (Lipinski definition) is 4. The van der Waals surface area contributed by atoms with Crippen LogP contribution in [0, 0.1) is 0 Å². The largest absolute Gasteiger partial charge is 0.388 e. The molecule has 4 heteroatoms. The Hall–Kier alpha value is -0.420. The van der Waals surface area contributed by atoms with Crippen LogP contribution in [0.25, 0.3) is 0 Å². The minimum absolute atomic E-state index is 0.397. The van der Waals surface area contributed by atoms with Crippen LogP contribution in [0.4, 0.5) is 0 Å². The Bertz CT molecular complexity index is 220. The van der Waals surface area contributed by atoms with Crippen molar-refractivity contribution in [2.45, 2.75) is 58.7 Å². The topological polar surface area (TPSA) is 47.9 Å². The van der Waals surface area contributed by atoms with E-state index in [1.54, 1.807) is 13.8 Å². The molecule has 0 radical (unpaired) electrons. The summed E-state index contributed by atoms with van der Waals surface area (Å²) in [5.74, 6) is 0. The van der Waals surface area contributed by atoms with E-state index in [4.69, 9.17) is 14.2 Å². The Morgan fingerprint density at radius 2 is 1.94 bits per heavy atom. The minimum atomic E-state index is -0.966. The van der Waals surface area contributed by atoms with Crippen molar-refractivity contribution >= 4 is 0 Å². The fourth-order valence-electron chi connectivity index (χ4n) is 1.30. The molecule has 0 saturated heterocycles. The summed E-state index contributed by atoms with van der Waals surface area (Å²) >= 11 is 0. The highest BCUT2D eigenvalue weighted by Crippen LogP contribution is 2.22. The fourth-order valence-corrected chi connectivity index (χ4v) is 1.30. The van der Waals surface area contributed by atoms with Crippen molar-refractivity contribution in [2.24, 2.45) is 0 Å². The van der Waals surface area contributed by atoms with Crippen LogP contribution in [0.3, 0.4) is 0 Å². The van der Waals surface area contributed by atoms with Gasteiger partial charge < -0.3 is 19.3 Å². The molecule has 17 heavy (non-hydrogen) atoms. The van der Waals surface area contributed by atoms with E-state index in [1.165, 1.54) is 7.11 Å². The van der Waals surface area contributed by atoms with Crippen molar-refractivity contribution in [2.75, 3.05) is 13.7 Å². The molecule has 1 N–H and O–H groups in total. The van der Waals surface area contributed by atoms with E-state index in [0.717, 1.165) is 12.0 Å². The van der Waals surface area contributed by atoms with Gasteiger partial charge in [-0.25, -0.2) is 0 Å². The summed E-state index contributed by atoms with van der Waals surface area (Å²) in [6.07, 6.45) is 1.06. The molecule has 0 aromatic rings. The predicted octanol–water partition coefficient (Wildman–Crippen LogP) is 2.47. The Morgan fingerprint density at radius 3 is 2.29 bits per heavy atom. The van der Waals surface area contributed by atoms with Gasteiger partial charge in [-0.1, -0.05) is 19.1 Å². The third-order valence-corrected chi connectivity index (χ3v) is 2.53. The van der Waals surface area contributed by atoms with Gasteiger partial charge in [0.2, 0.25) is 0 Å². The Kier molecular flexibility index (Phi) is 7.63. The molecular formula is C13H26O4. The standard InChI is InChI=1S/C13H26O4/c1-7-10(3)9-11(13(4,5)14)17-12(15-6)16-8-2/h11-12,14H,3,7-9H2,1-2,4-6H3. The van der Waals surface area contributed by atoms with Gasteiger partial charge in [-0.15, -0.1) is 0 Å². The lowest BCUT2D eigenvalue weighted by atomic mass is 9.95. The first-order valence-corrected chi connectivity index (χ1v) is 6.04. The monoisotopic (exact) mass is 246 g/mol. The molecule has 0 heterocycles. The third-order valence-electron chi connectivity index (χ3n) is 2.53. The van der Waals surface area contributed by atoms with Crippen molar-refractivity contribution in [3.8, 4) is 0 Å². The molecule has 0 saturated carbocycles. The zero-order valence-corrected chi connectivity index (χ0v) is 11.7. The summed E-state index contributed by atoms with van der Waals surface area (Å²) < 4.78 is 15.9. The van der Waals surface area contributed by atoms with Crippen LogP contribution in [-0.2, 0) is 14.2 Å². The molecule has 0 aliphatic heterocycles. The first-order chi connectivity index (χ1) is 7.85. The molecule has 0 aliphatic rings. The first-order valence-electron chi connectivity index (χ1n) is 6.04. The molecule has 4 nitrogen and oxygen atoms in total. The summed E-state index contributed by atoms with van der Waals surface area (Å²) in [5.41, 5.74) is 0.0647. The van der Waals surface area contributed by atoms with Crippen LogP contribution in [0.5, 0.6) is 0 Å². The van der Waals surface area contributed by atoms with Crippen LogP contribution in [0.2, 0.25) is 0 Å². The lowest BCUT2D eigenvalue weighted by Crippen LogP contribution is -2.42. The summed E-state index contributed by atoms with van der Waals surface area (Å²) in [5, 5.41) is 10.1. The van der Waals surface area contributed by atoms with E-state index < -0.39 is 18.2 Å². The van der Waals surface area contributed by atoms with E-state index in [1.807, 2.05) is 13.8 Å². The second-order valence-corrected chi connectivity index (χ2v) is 4.57. The average molecular weight is 246 g/mol. The van der Waals surface area contributed by atoms with Crippen molar-refractivity contribution in [3.05, 3.63) is 12.2 Å². The van der Waals surface area contributed by atoms with Gasteiger partial charge in [-0.2, -0.15) is 0 Å². The fraction of sp³-hybridized carbons (Fsp3) is 0.846. The van der Waals surface area contributed by atoms with Crippen LogP contribution < -0.4 is 0 Å². The van der Waals surface area contributed by atoms with Crippen molar-refractivity contribution < 1.29 is 19.3 Å². The van der Waals surface area contributed by atoms with E-state index in [2.05, 4.69) is 6.58 Å². The summed E-state index contributed by atoms with van der Waals surface area (Å²) in [7, 11) is 1.51. The van der Waals surface area contributed by atoms with E-state index in [-0.39, 0.29) is 0 Å². The van der Waals surface area contributed by atoms with Crippen LogP contribution in [0.1, 0.15) is 40.5 Å². The van der Waals surface area contributed by atoms with Crippen LogP contribution >= 0.6 is 0 Å². The van der Waals surface area contributed by atoms with E-state index >= 15 is 0 Å². The lowest BCUT2D eigenvalue weighted by molar-refractivity contribution is -0.309. The van der Waals surface area contributed by atoms with Gasteiger partial charge in [-0.3, -0.25) is 0 Å². The van der Waals surface area contributed by atoms with E-state index in [9.17, 15) is 5.11 Å². The molecule has 2 atom stereocenters. The van der Waals surface area contributed by atoms with Gasteiger partial charge in [0, 0.05) is 13.7 Å². The molecule has 102 valence electrons. The number of hydrogen-bond donors (Lipinski definition) is 1. The lowest BCUT2D eigenvalue weighted by Gasteiger charge is -2.32. The molecule has 0 amide bonds. The second-order valence-electron chi connectivity index (χ2n) is 4.57. The molecule has 0 aromatic carbocycles. The maximum atomic E-state index is 10.1. The van der Waals surface area contributed by atoms with Gasteiger partial charge in [-0.05, 0) is 33.6 Å². The quantitative estimate of drug-likeness (QED) is 0.501. The minimum Gasteiger partial charge on any atom is -0.388 e. The maximum absolute atomic E-state index is 10.1. The Balaban J connectivity index is 4.52. The molecule has 2 unspecified atom stereocenters. The Labute approximate surface area is 105 Å². The third kappa shape index (κ3) is 6.78. The average Bonchev–Trinajstić information content (AvgIpc) is 2.25. The highest BCUT2D eigenvalue weighted by atomic mass is 16.8. The second kappa shape index (κ2) is 7.82. The smallest absolute Gasteiger partial charge is 0.271 e. The summed E-state index contributed by atoms with van der Waals surface area (Å²) in [6.45, 7) is 11.0. The molecule has 0 fully saturated rings. The molecule has 0 aromatic heterocycles. The van der Waals surface area contributed by atoms with Crippen molar-refractivity contribution in [1.82, 2.24) is 0 Å². The van der Waals surface area contributed by atoms with Gasteiger partial charge in [0.05, 0.1) is 11.7 Å². The molecular weight excluding hydrogens is 220 g/mol. The number of ether oxygens (including phenoxy) is 3. The molecule has 0 rings (SSSR count). The molecule has 0 bridgehead atoms. The zero-order chi connectivity index (χ0) is 13.5. The summed E-state index contributed by atoms with van der Waals surface area (Å²) in [6, 6.07) is 0. The van der Waals surface area contributed by atoms with Gasteiger partial charge in [0.1, 0.15) is 0 Å². The van der Waals surface area contributed by atoms with Crippen molar-refractivity contribution in [1.29, 1.82) is 0 Å². The zero-order valence-electron chi connectivity index (χ0n) is 11.7. The van der Waals surface area contributed by atoms with Gasteiger partial charge >= 0.3 is 0 Å². The number of aliphatic hydroxyl groups is 1. The number of methoxy groups -OCH3 is 1. The predicted molar refractivity (Wildman–Crippen MR) is 67.6 cm³/mol. The van der Waals surface area contributed by atoms with Crippen molar-refractivity contribution in [3.63, 3.8) is 0 Å². The summed E-state index contributed by atoms with van der Waals surface area (Å²) in [4.78, 5) is 0. The van der Waals surface area contributed by atoms with Crippen LogP contribution in [0.15, 0.2) is 12.2 Å². The highest BCUT2D eigenvalue weighted by Gasteiger charge is 2.30. The SMILES string of the molecule is C=C(CC)CC(OC(OC)OCC)C(C)(C)O. The highest BCUT2D eigenvalue weighted by molar-refractivity contribution is 4.98. The normalized spacial score (nSPS) is 15.6. The molecule has 0 spiro atoms. The maximum Gasteiger partial charge on any atom is 0.271 e. The number of rotatable bonds is 9. The Morgan fingerprint density at radius 1 is 1.35 bits per heavy atom. The molecule has 0 aliphatic carbocycles. The first kappa shape index (κ1) is 16.6. The van der Waals surface area contributed by atoms with Gasteiger partial charge in [0.15, 0.2) is 0 Å². The van der Waals surface area contributed by atoms with E-state index in [0.29, 0.717) is 13.0 Å².